The highest BCUT2D eigenvalue weighted by Gasteiger charge is 2.30. The lowest BCUT2D eigenvalue weighted by Gasteiger charge is -2.21. The third-order valence-corrected chi connectivity index (χ3v) is 21.5. The molecule has 0 saturated carbocycles. The normalized spacial score (nSPS) is 14.2. The highest BCUT2D eigenvalue weighted by atomic mass is 31.2. The Bertz CT molecular complexity index is 1940. The number of unbranched alkanes of at least 4 members (excludes halogenated alkanes) is 50. The average molecular weight is 1480 g/mol. The minimum absolute atomic E-state index is 0.107. The lowest BCUT2D eigenvalue weighted by atomic mass is 9.99. The fourth-order valence-electron chi connectivity index (χ4n) is 12.7. The van der Waals surface area contributed by atoms with Crippen molar-refractivity contribution in [2.75, 3.05) is 39.6 Å². The van der Waals surface area contributed by atoms with Crippen molar-refractivity contribution in [3.8, 4) is 0 Å². The Balaban J connectivity index is 5.10. The van der Waals surface area contributed by atoms with Crippen molar-refractivity contribution >= 4 is 39.5 Å². The summed E-state index contributed by atoms with van der Waals surface area (Å²) in [7, 11) is -9.91. The molecule has 101 heavy (non-hydrogen) atoms. The molecule has 0 bridgehead atoms. The van der Waals surface area contributed by atoms with Crippen LogP contribution in [0.3, 0.4) is 0 Å². The summed E-state index contributed by atoms with van der Waals surface area (Å²) >= 11 is 0. The molecule has 0 heterocycles. The molecule has 0 aromatic carbocycles. The lowest BCUT2D eigenvalue weighted by Crippen LogP contribution is -2.30. The van der Waals surface area contributed by atoms with E-state index in [-0.39, 0.29) is 25.7 Å². The van der Waals surface area contributed by atoms with Crippen LogP contribution in [0.25, 0.3) is 0 Å². The van der Waals surface area contributed by atoms with E-state index in [1.807, 2.05) is 0 Å². The first-order valence-corrected chi connectivity index (χ1v) is 45.5. The Morgan fingerprint density at radius 3 is 0.752 bits per heavy atom. The van der Waals surface area contributed by atoms with E-state index in [0.717, 1.165) is 108 Å². The van der Waals surface area contributed by atoms with Gasteiger partial charge in [-0.2, -0.15) is 0 Å². The van der Waals surface area contributed by atoms with Crippen LogP contribution >= 0.6 is 15.6 Å². The molecule has 0 rings (SSSR count). The largest absolute Gasteiger partial charge is 0.472 e. The van der Waals surface area contributed by atoms with Crippen molar-refractivity contribution in [3.05, 3.63) is 0 Å². The van der Waals surface area contributed by atoms with E-state index in [0.29, 0.717) is 25.7 Å². The number of hydrogen-bond acceptors (Lipinski definition) is 15. The minimum Gasteiger partial charge on any atom is -0.462 e. The predicted octanol–water partition coefficient (Wildman–Crippen LogP) is 24.7. The number of hydrogen-bond donors (Lipinski definition) is 3. The molecule has 0 saturated heterocycles. The van der Waals surface area contributed by atoms with E-state index in [4.69, 9.17) is 37.0 Å². The molecule has 0 spiro atoms. The molecular weight excluding hydrogens is 1320 g/mol. The number of ether oxygens (including phenoxy) is 4. The summed E-state index contributed by atoms with van der Waals surface area (Å²) in [5, 5.41) is 10.6. The van der Waals surface area contributed by atoms with Gasteiger partial charge in [-0.1, -0.05) is 382 Å². The second-order valence-electron chi connectivity index (χ2n) is 30.2. The number of rotatable bonds is 81. The number of phosphoric acid groups is 2. The second-order valence-corrected chi connectivity index (χ2v) is 33.1. The Morgan fingerprint density at radius 2 is 0.505 bits per heavy atom. The van der Waals surface area contributed by atoms with E-state index in [1.165, 1.54) is 244 Å². The van der Waals surface area contributed by atoms with Gasteiger partial charge in [0.25, 0.3) is 0 Å². The molecule has 0 amide bonds. The maximum Gasteiger partial charge on any atom is 0.472 e. The van der Waals surface area contributed by atoms with Gasteiger partial charge in [0, 0.05) is 25.7 Å². The van der Waals surface area contributed by atoms with Crippen LogP contribution < -0.4 is 0 Å². The monoisotopic (exact) mass is 1480 g/mol. The zero-order chi connectivity index (χ0) is 74.2. The summed E-state index contributed by atoms with van der Waals surface area (Å²) in [6, 6.07) is 0. The van der Waals surface area contributed by atoms with Crippen molar-refractivity contribution < 1.29 is 80.2 Å². The van der Waals surface area contributed by atoms with E-state index in [1.54, 1.807) is 0 Å². The third-order valence-electron chi connectivity index (χ3n) is 19.6. The smallest absolute Gasteiger partial charge is 0.462 e. The van der Waals surface area contributed by atoms with Gasteiger partial charge in [0.05, 0.1) is 26.4 Å². The summed E-state index contributed by atoms with van der Waals surface area (Å²) in [5.74, 6) is -0.425. The topological polar surface area (TPSA) is 237 Å². The molecule has 0 aliphatic carbocycles. The summed E-state index contributed by atoms with van der Waals surface area (Å²) < 4.78 is 68.5. The van der Waals surface area contributed by atoms with Gasteiger partial charge in [0.2, 0.25) is 0 Å². The number of phosphoric ester groups is 2. The van der Waals surface area contributed by atoms with Crippen molar-refractivity contribution in [2.45, 2.75) is 452 Å². The average Bonchev–Trinajstić information content (AvgIpc) is 1.06. The van der Waals surface area contributed by atoms with Gasteiger partial charge in [0.1, 0.15) is 19.3 Å². The van der Waals surface area contributed by atoms with Gasteiger partial charge in [0.15, 0.2) is 12.2 Å². The molecule has 17 nitrogen and oxygen atoms in total. The molecule has 0 aliphatic heterocycles. The van der Waals surface area contributed by atoms with Crippen LogP contribution in [0, 0.1) is 11.8 Å². The number of esters is 4. The first-order valence-electron chi connectivity index (χ1n) is 42.5. The fourth-order valence-corrected chi connectivity index (χ4v) is 14.3. The van der Waals surface area contributed by atoms with Crippen LogP contribution in [0.2, 0.25) is 0 Å². The highest BCUT2D eigenvalue weighted by Crippen LogP contribution is 2.45. The molecule has 0 aliphatic rings. The van der Waals surface area contributed by atoms with Crippen LogP contribution in [0.5, 0.6) is 0 Å². The number of aliphatic hydroxyl groups is 1. The number of carbonyl (C=O) groups is 4. The van der Waals surface area contributed by atoms with Crippen LogP contribution in [0.1, 0.15) is 433 Å². The molecule has 3 N–H and O–H groups in total. The van der Waals surface area contributed by atoms with Gasteiger partial charge >= 0.3 is 39.5 Å². The highest BCUT2D eigenvalue weighted by molar-refractivity contribution is 7.47. The molecule has 3 unspecified atom stereocenters. The van der Waals surface area contributed by atoms with Gasteiger partial charge in [-0.15, -0.1) is 0 Å². The summed E-state index contributed by atoms with van der Waals surface area (Å²) in [6.07, 6.45) is 64.3. The molecular formula is C82H160O17P2. The third kappa shape index (κ3) is 74.7. The second kappa shape index (κ2) is 73.6. The molecule has 0 aromatic heterocycles. The predicted molar refractivity (Wildman–Crippen MR) is 414 cm³/mol. The van der Waals surface area contributed by atoms with Gasteiger partial charge < -0.3 is 33.8 Å². The van der Waals surface area contributed by atoms with Gasteiger partial charge in [-0.25, -0.2) is 9.13 Å². The van der Waals surface area contributed by atoms with Crippen molar-refractivity contribution in [1.82, 2.24) is 0 Å². The van der Waals surface area contributed by atoms with Crippen molar-refractivity contribution in [1.29, 1.82) is 0 Å². The first kappa shape index (κ1) is 99.1. The summed E-state index contributed by atoms with van der Waals surface area (Å²) in [6.45, 7) is 9.65. The fraction of sp³-hybridized carbons (Fsp3) is 0.951. The van der Waals surface area contributed by atoms with E-state index in [2.05, 4.69) is 41.5 Å². The Kier molecular flexibility index (Phi) is 72.2. The maximum absolute atomic E-state index is 13.1. The van der Waals surface area contributed by atoms with Crippen LogP contribution in [-0.2, 0) is 65.4 Å². The molecule has 19 heteroatoms. The minimum atomic E-state index is -4.96. The van der Waals surface area contributed by atoms with Crippen molar-refractivity contribution in [3.63, 3.8) is 0 Å². The standard InChI is InChI=1S/C82H160O17P2/c1-7-10-12-14-15-16-17-30-38-43-48-54-60-66-81(86)98-77(70-92-79(84)64-58-50-13-11-8-2)72-96-100(88,89)94-68-76(83)69-95-101(90,91)97-73-78(71-93-80(85)65-59-53-47-42-37-33-28-24-20-18-22-26-31-35-40-45-51-56-62-74(4)5)99-82(87)67-61-55-49-44-39-34-29-25-21-19-23-27-32-36-41-46-52-57-63-75(6)9-3/h74-78,83H,7-73H2,1-6H3,(H,88,89)(H,90,91)/t75?,76-,77+,78+/m0/s1. The Labute approximate surface area is 619 Å². The van der Waals surface area contributed by atoms with E-state index in [9.17, 15) is 43.2 Å². The zero-order valence-electron chi connectivity index (χ0n) is 66.2. The van der Waals surface area contributed by atoms with Crippen LogP contribution in [0.15, 0.2) is 0 Å². The van der Waals surface area contributed by atoms with Gasteiger partial charge in [-0.3, -0.25) is 37.3 Å². The number of aliphatic hydroxyl groups excluding tert-OH is 1. The van der Waals surface area contributed by atoms with Gasteiger partial charge in [-0.05, 0) is 37.5 Å². The Hall–Kier alpha value is -1.94. The van der Waals surface area contributed by atoms with E-state index < -0.39 is 97.5 Å². The molecule has 0 aromatic rings. The SMILES string of the molecule is CCCCCCCCCCCCCCCC(=O)O[C@H](COC(=O)CCCCCCC)COP(=O)(O)OC[C@H](O)COP(=O)(O)OC[C@@H](COC(=O)CCCCCCCCCCCCCCCCCCCCC(C)C)OC(=O)CCCCCCCCCCCCCCCCCCCCC(C)CC. The quantitative estimate of drug-likeness (QED) is 0.0222. The molecule has 0 fully saturated rings. The van der Waals surface area contributed by atoms with E-state index >= 15 is 0 Å². The number of carbonyl (C=O) groups excluding carboxylic acids is 4. The molecule has 6 atom stereocenters. The Morgan fingerprint density at radius 1 is 0.287 bits per heavy atom. The maximum atomic E-state index is 13.1. The van der Waals surface area contributed by atoms with Crippen molar-refractivity contribution in [2.24, 2.45) is 11.8 Å². The zero-order valence-corrected chi connectivity index (χ0v) is 68.0. The molecule has 600 valence electrons. The summed E-state index contributed by atoms with van der Waals surface area (Å²) in [4.78, 5) is 72.7. The first-order chi connectivity index (χ1) is 48.9. The molecule has 0 radical (unpaired) electrons. The lowest BCUT2D eigenvalue weighted by molar-refractivity contribution is -0.161. The van der Waals surface area contributed by atoms with Crippen LogP contribution in [0.4, 0.5) is 0 Å². The van der Waals surface area contributed by atoms with Crippen LogP contribution in [-0.4, -0.2) is 96.7 Å². The summed E-state index contributed by atoms with van der Waals surface area (Å²) in [5.41, 5.74) is 0.